The SMILES string of the molecule is NC(=O)c1c2c(cn(CCc3ccccc3)c1=O)CN(C(=O)CCc1ccncc1)CC2. The molecule has 2 amide bonds. The Morgan fingerprint density at radius 2 is 1.72 bits per heavy atom. The van der Waals surface area contributed by atoms with Gasteiger partial charge in [0.15, 0.2) is 0 Å². The van der Waals surface area contributed by atoms with Gasteiger partial charge in [0.1, 0.15) is 5.56 Å². The number of aryl methyl sites for hydroxylation is 3. The first-order valence-corrected chi connectivity index (χ1v) is 10.8. The summed E-state index contributed by atoms with van der Waals surface area (Å²) >= 11 is 0. The molecule has 7 heteroatoms. The smallest absolute Gasteiger partial charge is 0.263 e. The number of primary amides is 1. The molecule has 0 fully saturated rings. The third-order valence-corrected chi connectivity index (χ3v) is 5.93. The molecule has 0 spiro atoms. The van der Waals surface area contributed by atoms with Crippen LogP contribution in [-0.2, 0) is 37.1 Å². The number of carbonyl (C=O) groups is 2. The highest BCUT2D eigenvalue weighted by Crippen LogP contribution is 2.22. The van der Waals surface area contributed by atoms with E-state index in [1.54, 1.807) is 28.1 Å². The lowest BCUT2D eigenvalue weighted by Crippen LogP contribution is -2.40. The van der Waals surface area contributed by atoms with Gasteiger partial charge < -0.3 is 15.2 Å². The Kier molecular flexibility index (Phi) is 6.44. The Morgan fingerprint density at radius 1 is 1.00 bits per heavy atom. The van der Waals surface area contributed by atoms with Gasteiger partial charge in [0.25, 0.3) is 11.5 Å². The summed E-state index contributed by atoms with van der Waals surface area (Å²) < 4.78 is 1.55. The lowest BCUT2D eigenvalue weighted by molar-refractivity contribution is -0.132. The molecule has 0 aliphatic carbocycles. The maximum Gasteiger partial charge on any atom is 0.263 e. The van der Waals surface area contributed by atoms with Crippen LogP contribution in [0.5, 0.6) is 0 Å². The van der Waals surface area contributed by atoms with Crippen molar-refractivity contribution in [3.8, 4) is 0 Å². The fourth-order valence-corrected chi connectivity index (χ4v) is 4.20. The van der Waals surface area contributed by atoms with Crippen LogP contribution in [0, 0.1) is 0 Å². The molecule has 1 aliphatic heterocycles. The van der Waals surface area contributed by atoms with E-state index in [1.807, 2.05) is 42.5 Å². The van der Waals surface area contributed by atoms with E-state index in [9.17, 15) is 14.4 Å². The Hall–Kier alpha value is -3.74. The highest BCUT2D eigenvalue weighted by molar-refractivity contribution is 5.94. The number of carbonyl (C=O) groups excluding carboxylic acids is 2. The minimum Gasteiger partial charge on any atom is -0.365 e. The van der Waals surface area contributed by atoms with E-state index in [0.717, 1.165) is 16.7 Å². The van der Waals surface area contributed by atoms with Crippen molar-refractivity contribution in [1.29, 1.82) is 0 Å². The van der Waals surface area contributed by atoms with E-state index in [0.29, 0.717) is 50.9 Å². The Labute approximate surface area is 186 Å². The number of aromatic nitrogens is 2. The summed E-state index contributed by atoms with van der Waals surface area (Å²) in [4.78, 5) is 43.7. The Balaban J connectivity index is 1.53. The van der Waals surface area contributed by atoms with Gasteiger partial charge in [0.2, 0.25) is 5.91 Å². The van der Waals surface area contributed by atoms with Crippen molar-refractivity contribution in [3.05, 3.63) is 99.2 Å². The molecular formula is C25H26N4O3. The van der Waals surface area contributed by atoms with Gasteiger partial charge in [0.05, 0.1) is 0 Å². The molecule has 2 aromatic heterocycles. The molecular weight excluding hydrogens is 404 g/mol. The number of rotatable bonds is 7. The molecule has 0 atom stereocenters. The molecule has 32 heavy (non-hydrogen) atoms. The van der Waals surface area contributed by atoms with Crippen LogP contribution in [0.3, 0.4) is 0 Å². The van der Waals surface area contributed by atoms with Crippen LogP contribution in [0.1, 0.15) is 39.0 Å². The molecule has 3 heterocycles. The zero-order chi connectivity index (χ0) is 22.5. The second-order valence-corrected chi connectivity index (χ2v) is 8.03. The van der Waals surface area contributed by atoms with E-state index in [2.05, 4.69) is 4.98 Å². The highest BCUT2D eigenvalue weighted by atomic mass is 16.2. The number of hydrogen-bond donors (Lipinski definition) is 1. The molecule has 1 aromatic carbocycles. The average molecular weight is 431 g/mol. The summed E-state index contributed by atoms with van der Waals surface area (Å²) in [6.07, 6.45) is 7.38. The maximum atomic E-state index is 13.0. The molecule has 0 saturated carbocycles. The minimum absolute atomic E-state index is 0.0510. The number of nitrogens with two attached hydrogens (primary N) is 1. The number of pyridine rings is 2. The quantitative estimate of drug-likeness (QED) is 0.621. The van der Waals surface area contributed by atoms with Crippen LogP contribution in [0.15, 0.2) is 65.8 Å². The summed E-state index contributed by atoms with van der Waals surface area (Å²) in [7, 11) is 0. The average Bonchev–Trinajstić information content (AvgIpc) is 2.82. The van der Waals surface area contributed by atoms with Crippen molar-refractivity contribution >= 4 is 11.8 Å². The second-order valence-electron chi connectivity index (χ2n) is 8.03. The zero-order valence-electron chi connectivity index (χ0n) is 17.9. The first kappa shape index (κ1) is 21.5. The van der Waals surface area contributed by atoms with Gasteiger partial charge in [-0.1, -0.05) is 30.3 Å². The van der Waals surface area contributed by atoms with Crippen molar-refractivity contribution in [2.24, 2.45) is 5.73 Å². The number of benzene rings is 1. The molecule has 164 valence electrons. The van der Waals surface area contributed by atoms with E-state index < -0.39 is 5.91 Å². The van der Waals surface area contributed by atoms with Crippen molar-refractivity contribution in [3.63, 3.8) is 0 Å². The van der Waals surface area contributed by atoms with Crippen LogP contribution in [0.2, 0.25) is 0 Å². The fourth-order valence-electron chi connectivity index (χ4n) is 4.20. The predicted octanol–water partition coefficient (Wildman–Crippen LogP) is 2.10. The molecule has 0 saturated heterocycles. The normalized spacial score (nSPS) is 12.9. The lowest BCUT2D eigenvalue weighted by Gasteiger charge is -2.30. The van der Waals surface area contributed by atoms with Crippen molar-refractivity contribution in [1.82, 2.24) is 14.5 Å². The van der Waals surface area contributed by atoms with Crippen LogP contribution < -0.4 is 11.3 Å². The summed E-state index contributed by atoms with van der Waals surface area (Å²) in [6.45, 7) is 1.28. The number of hydrogen-bond acceptors (Lipinski definition) is 4. The first-order valence-electron chi connectivity index (χ1n) is 10.8. The van der Waals surface area contributed by atoms with Crippen LogP contribution >= 0.6 is 0 Å². The van der Waals surface area contributed by atoms with Crippen molar-refractivity contribution < 1.29 is 9.59 Å². The third kappa shape index (κ3) is 4.77. The first-order chi connectivity index (χ1) is 15.5. The van der Waals surface area contributed by atoms with Gasteiger partial charge in [-0.15, -0.1) is 0 Å². The second kappa shape index (κ2) is 9.60. The summed E-state index contributed by atoms with van der Waals surface area (Å²) in [5.74, 6) is -0.659. The summed E-state index contributed by atoms with van der Waals surface area (Å²) in [5.41, 5.74) is 8.94. The third-order valence-electron chi connectivity index (χ3n) is 5.93. The van der Waals surface area contributed by atoms with Gasteiger partial charge in [-0.3, -0.25) is 19.4 Å². The molecule has 0 radical (unpaired) electrons. The van der Waals surface area contributed by atoms with Gasteiger partial charge >= 0.3 is 0 Å². The van der Waals surface area contributed by atoms with Crippen LogP contribution in [0.25, 0.3) is 0 Å². The lowest BCUT2D eigenvalue weighted by atomic mass is 9.95. The van der Waals surface area contributed by atoms with Gasteiger partial charge in [-0.25, -0.2) is 0 Å². The largest absolute Gasteiger partial charge is 0.365 e. The van der Waals surface area contributed by atoms with Gasteiger partial charge in [-0.2, -0.15) is 0 Å². The number of amides is 2. The van der Waals surface area contributed by atoms with E-state index in [1.165, 1.54) is 0 Å². The van der Waals surface area contributed by atoms with E-state index >= 15 is 0 Å². The topological polar surface area (TPSA) is 98.3 Å². The minimum atomic E-state index is -0.710. The summed E-state index contributed by atoms with van der Waals surface area (Å²) in [6, 6.07) is 13.7. The standard InChI is InChI=1S/C25H26N4O3/c26-24(31)23-21-11-15-28(22(30)7-6-19-8-12-27-13-9-19)16-20(21)17-29(25(23)32)14-10-18-4-2-1-3-5-18/h1-5,8-9,12-13,17H,6-7,10-11,14-16H2,(H2,26,31). The number of nitrogens with zero attached hydrogens (tertiary/aromatic N) is 3. The van der Waals surface area contributed by atoms with Crippen molar-refractivity contribution in [2.75, 3.05) is 6.54 Å². The molecule has 2 N–H and O–H groups in total. The van der Waals surface area contributed by atoms with E-state index in [4.69, 9.17) is 5.73 Å². The Bertz CT molecular complexity index is 1170. The molecule has 1 aliphatic rings. The highest BCUT2D eigenvalue weighted by Gasteiger charge is 2.27. The maximum absolute atomic E-state index is 13.0. The molecule has 0 unspecified atom stereocenters. The van der Waals surface area contributed by atoms with Crippen LogP contribution in [-0.4, -0.2) is 32.8 Å². The molecule has 0 bridgehead atoms. The van der Waals surface area contributed by atoms with E-state index in [-0.39, 0.29) is 17.0 Å². The Morgan fingerprint density at radius 3 is 2.44 bits per heavy atom. The van der Waals surface area contributed by atoms with Crippen molar-refractivity contribution in [2.45, 2.75) is 38.8 Å². The van der Waals surface area contributed by atoms with Crippen LogP contribution in [0.4, 0.5) is 0 Å². The van der Waals surface area contributed by atoms with Gasteiger partial charge in [-0.05, 0) is 53.6 Å². The predicted molar refractivity (Wildman–Crippen MR) is 121 cm³/mol. The number of fused-ring (bicyclic) bond motifs is 1. The zero-order valence-corrected chi connectivity index (χ0v) is 17.9. The monoisotopic (exact) mass is 430 g/mol. The molecule has 3 aromatic rings. The fraction of sp³-hybridized carbons (Fsp3) is 0.280. The van der Waals surface area contributed by atoms with Gasteiger partial charge in [0, 0.05) is 44.6 Å². The molecule has 4 rings (SSSR count). The summed E-state index contributed by atoms with van der Waals surface area (Å²) in [5, 5.41) is 0. The molecule has 7 nitrogen and oxygen atoms in total.